The van der Waals surface area contributed by atoms with E-state index >= 15 is 0 Å². The van der Waals surface area contributed by atoms with Crippen molar-refractivity contribution in [1.29, 1.82) is 0 Å². The minimum Gasteiger partial charge on any atom is -0.384 e. The van der Waals surface area contributed by atoms with Gasteiger partial charge in [0.25, 0.3) is 0 Å². The second kappa shape index (κ2) is 3.69. The zero-order valence-corrected chi connectivity index (χ0v) is 7.12. The Morgan fingerprint density at radius 1 is 1.55 bits per heavy atom. The van der Waals surface area contributed by atoms with Crippen LogP contribution in [-0.2, 0) is 0 Å². The molecule has 0 radical (unpaired) electrons. The molecule has 11 heavy (non-hydrogen) atoms. The van der Waals surface area contributed by atoms with Crippen molar-refractivity contribution < 1.29 is 5.11 Å². The van der Waals surface area contributed by atoms with E-state index in [0.29, 0.717) is 11.6 Å². The van der Waals surface area contributed by atoms with Crippen LogP contribution in [0.1, 0.15) is 17.5 Å². The number of nitrogens with zero attached hydrogens (tertiary/aromatic N) is 2. The summed E-state index contributed by atoms with van der Waals surface area (Å²) < 4.78 is 0. The van der Waals surface area contributed by atoms with Crippen molar-refractivity contribution in [2.75, 3.05) is 5.75 Å². The summed E-state index contributed by atoms with van der Waals surface area (Å²) in [5, 5.41) is 9.22. The first-order chi connectivity index (χ1) is 5.24. The molecule has 0 aliphatic rings. The molecule has 0 saturated carbocycles. The summed E-state index contributed by atoms with van der Waals surface area (Å²) in [5.74, 6) is 0.786. The van der Waals surface area contributed by atoms with Crippen LogP contribution in [-0.4, -0.2) is 20.8 Å². The van der Waals surface area contributed by atoms with Crippen LogP contribution in [0.3, 0.4) is 0 Å². The van der Waals surface area contributed by atoms with E-state index in [-0.39, 0.29) is 0 Å². The van der Waals surface area contributed by atoms with E-state index in [1.807, 2.05) is 6.92 Å². The molecule has 1 N–H and O–H groups in total. The Balaban J connectivity index is 2.81. The molecule has 0 saturated heterocycles. The summed E-state index contributed by atoms with van der Waals surface area (Å²) >= 11 is 3.92. The van der Waals surface area contributed by atoms with Gasteiger partial charge in [-0.3, -0.25) is 0 Å². The van der Waals surface area contributed by atoms with Crippen molar-refractivity contribution in [3.63, 3.8) is 0 Å². The number of aromatic nitrogens is 2. The monoisotopic (exact) mass is 170 g/mol. The lowest BCUT2D eigenvalue weighted by molar-refractivity contribution is 0.194. The van der Waals surface area contributed by atoms with Gasteiger partial charge in [0.1, 0.15) is 6.10 Å². The minimum absolute atomic E-state index is 0.350. The lowest BCUT2D eigenvalue weighted by atomic mass is 10.3. The van der Waals surface area contributed by atoms with Gasteiger partial charge in [0.05, 0.1) is 0 Å². The standard InChI is InChI=1S/C7H10N2OS/c1-5-2-8-7(9-3-5)6(10)4-11/h2-3,6,10-11H,4H2,1H3. The topological polar surface area (TPSA) is 46.0 Å². The molecule has 4 heteroatoms. The van der Waals surface area contributed by atoms with Crippen LogP contribution in [0.15, 0.2) is 12.4 Å². The third-order valence-electron chi connectivity index (χ3n) is 1.27. The first-order valence-electron chi connectivity index (χ1n) is 3.31. The van der Waals surface area contributed by atoms with Gasteiger partial charge in [0, 0.05) is 18.1 Å². The quantitative estimate of drug-likeness (QED) is 0.644. The molecular formula is C7H10N2OS. The SMILES string of the molecule is Cc1cnc(C(O)CS)nc1. The molecule has 3 nitrogen and oxygen atoms in total. The molecular weight excluding hydrogens is 160 g/mol. The maximum atomic E-state index is 9.22. The van der Waals surface area contributed by atoms with Crippen LogP contribution >= 0.6 is 12.6 Å². The van der Waals surface area contributed by atoms with Crippen molar-refractivity contribution in [3.8, 4) is 0 Å². The predicted octanol–water partition coefficient (Wildman–Crippen LogP) is 0.748. The highest BCUT2D eigenvalue weighted by atomic mass is 32.1. The molecule has 0 aliphatic heterocycles. The molecule has 1 atom stereocenters. The number of hydrogen-bond acceptors (Lipinski definition) is 4. The van der Waals surface area contributed by atoms with E-state index in [4.69, 9.17) is 0 Å². The molecule has 60 valence electrons. The average Bonchev–Trinajstić information content (AvgIpc) is 2.05. The zero-order chi connectivity index (χ0) is 8.27. The molecule has 0 aromatic carbocycles. The Kier molecular flexibility index (Phi) is 2.84. The summed E-state index contributed by atoms with van der Waals surface area (Å²) in [7, 11) is 0. The lowest BCUT2D eigenvalue weighted by Crippen LogP contribution is -2.04. The summed E-state index contributed by atoms with van der Waals surface area (Å²) in [6, 6.07) is 0. The van der Waals surface area contributed by atoms with Crippen LogP contribution in [0.2, 0.25) is 0 Å². The highest BCUT2D eigenvalue weighted by Crippen LogP contribution is 2.07. The number of hydrogen-bond donors (Lipinski definition) is 2. The molecule has 0 spiro atoms. The van der Waals surface area contributed by atoms with Crippen molar-refractivity contribution >= 4 is 12.6 Å². The number of thiol groups is 1. The van der Waals surface area contributed by atoms with Crippen LogP contribution in [0, 0.1) is 6.92 Å². The van der Waals surface area contributed by atoms with Gasteiger partial charge in [0.2, 0.25) is 0 Å². The summed E-state index contributed by atoms with van der Waals surface area (Å²) in [5.41, 5.74) is 0.986. The van der Waals surface area contributed by atoms with E-state index in [1.165, 1.54) is 0 Å². The molecule has 1 unspecified atom stereocenters. The largest absolute Gasteiger partial charge is 0.384 e. The van der Waals surface area contributed by atoms with Gasteiger partial charge in [-0.2, -0.15) is 12.6 Å². The van der Waals surface area contributed by atoms with Gasteiger partial charge in [-0.15, -0.1) is 0 Å². The van der Waals surface area contributed by atoms with Gasteiger partial charge < -0.3 is 5.11 Å². The van der Waals surface area contributed by atoms with Crippen molar-refractivity contribution in [2.24, 2.45) is 0 Å². The van der Waals surface area contributed by atoms with Gasteiger partial charge in [-0.25, -0.2) is 9.97 Å². The Morgan fingerprint density at radius 3 is 2.55 bits per heavy atom. The Bertz CT molecular complexity index is 224. The van der Waals surface area contributed by atoms with Crippen molar-refractivity contribution in [3.05, 3.63) is 23.8 Å². The van der Waals surface area contributed by atoms with Gasteiger partial charge >= 0.3 is 0 Å². The lowest BCUT2D eigenvalue weighted by Gasteiger charge is -2.03. The third kappa shape index (κ3) is 2.17. The smallest absolute Gasteiger partial charge is 0.157 e. The fraction of sp³-hybridized carbons (Fsp3) is 0.429. The molecule has 0 fully saturated rings. The van der Waals surface area contributed by atoms with E-state index in [2.05, 4.69) is 22.6 Å². The van der Waals surface area contributed by atoms with Crippen LogP contribution in [0.25, 0.3) is 0 Å². The molecule has 0 aliphatic carbocycles. The number of aliphatic hydroxyl groups excluding tert-OH is 1. The number of aryl methyl sites for hydroxylation is 1. The van der Waals surface area contributed by atoms with E-state index in [9.17, 15) is 5.11 Å². The first kappa shape index (κ1) is 8.49. The number of aliphatic hydroxyl groups is 1. The number of rotatable bonds is 2. The fourth-order valence-corrected chi connectivity index (χ4v) is 0.820. The normalized spacial score (nSPS) is 13.0. The van der Waals surface area contributed by atoms with E-state index in [0.717, 1.165) is 5.56 Å². The second-order valence-corrected chi connectivity index (χ2v) is 2.68. The Morgan fingerprint density at radius 2 is 2.09 bits per heavy atom. The van der Waals surface area contributed by atoms with E-state index < -0.39 is 6.10 Å². The molecule has 0 bridgehead atoms. The average molecular weight is 170 g/mol. The van der Waals surface area contributed by atoms with Crippen LogP contribution in [0.4, 0.5) is 0 Å². The van der Waals surface area contributed by atoms with E-state index in [1.54, 1.807) is 12.4 Å². The Hall–Kier alpha value is -0.610. The third-order valence-corrected chi connectivity index (χ3v) is 1.62. The summed E-state index contributed by atoms with van der Waals surface area (Å²) in [6.45, 7) is 1.90. The minimum atomic E-state index is -0.654. The van der Waals surface area contributed by atoms with Crippen LogP contribution < -0.4 is 0 Å². The van der Waals surface area contributed by atoms with Gasteiger partial charge in [-0.1, -0.05) is 0 Å². The molecule has 1 heterocycles. The van der Waals surface area contributed by atoms with Crippen molar-refractivity contribution in [1.82, 2.24) is 9.97 Å². The Labute approximate surface area is 70.9 Å². The first-order valence-corrected chi connectivity index (χ1v) is 3.94. The predicted molar refractivity (Wildman–Crippen MR) is 45.6 cm³/mol. The zero-order valence-electron chi connectivity index (χ0n) is 6.23. The van der Waals surface area contributed by atoms with Gasteiger partial charge in [0.15, 0.2) is 5.82 Å². The molecule has 1 aromatic rings. The van der Waals surface area contributed by atoms with Gasteiger partial charge in [-0.05, 0) is 12.5 Å². The fourth-order valence-electron chi connectivity index (χ4n) is 0.656. The summed E-state index contributed by atoms with van der Waals surface area (Å²) in [6.07, 6.45) is 2.70. The second-order valence-electron chi connectivity index (χ2n) is 2.32. The van der Waals surface area contributed by atoms with Crippen molar-refractivity contribution in [2.45, 2.75) is 13.0 Å². The maximum absolute atomic E-state index is 9.22. The highest BCUT2D eigenvalue weighted by molar-refractivity contribution is 7.80. The van der Waals surface area contributed by atoms with Crippen LogP contribution in [0.5, 0.6) is 0 Å². The molecule has 1 rings (SSSR count). The molecule has 1 aromatic heterocycles. The highest BCUT2D eigenvalue weighted by Gasteiger charge is 2.06. The molecule has 0 amide bonds. The maximum Gasteiger partial charge on any atom is 0.157 e. The summed E-state index contributed by atoms with van der Waals surface area (Å²) in [4.78, 5) is 7.88.